The number of rotatable bonds is 7. The number of hydrogen-bond acceptors (Lipinski definition) is 3. The smallest absolute Gasteiger partial charge is 0.310 e. The minimum absolute atomic E-state index is 0.0220. The lowest BCUT2D eigenvalue weighted by molar-refractivity contribution is -0.159. The summed E-state index contributed by atoms with van der Waals surface area (Å²) in [6, 6.07) is 29.6. The van der Waals surface area contributed by atoms with Crippen LogP contribution >= 0.6 is 0 Å². The maximum atomic E-state index is 13.6. The van der Waals surface area contributed by atoms with E-state index in [1.807, 2.05) is 110 Å². The van der Waals surface area contributed by atoms with Crippen LogP contribution in [0.2, 0.25) is 0 Å². The van der Waals surface area contributed by atoms with Crippen LogP contribution in [0.25, 0.3) is 0 Å². The van der Waals surface area contributed by atoms with Gasteiger partial charge in [-0.2, -0.15) is 0 Å². The van der Waals surface area contributed by atoms with Gasteiger partial charge in [-0.15, -0.1) is 0 Å². The van der Waals surface area contributed by atoms with Crippen molar-refractivity contribution in [2.24, 2.45) is 11.8 Å². The van der Waals surface area contributed by atoms with Gasteiger partial charge >= 0.3 is 5.97 Å². The maximum Gasteiger partial charge on any atom is 0.310 e. The highest BCUT2D eigenvalue weighted by atomic mass is 16.6. The van der Waals surface area contributed by atoms with Crippen LogP contribution in [0.5, 0.6) is 0 Å². The SMILES string of the molecule is CC(C(=O)OC(c1ccccc1)(c1ccccc1)c1ccccc1)C1C=CC(C=O)=CC1. The molecule has 0 amide bonds. The lowest BCUT2D eigenvalue weighted by Gasteiger charge is -2.37. The molecule has 2 atom stereocenters. The number of carbonyl (C=O) groups excluding carboxylic acids is 2. The van der Waals surface area contributed by atoms with Gasteiger partial charge in [0.2, 0.25) is 0 Å². The normalized spacial score (nSPS) is 16.7. The molecule has 3 heteroatoms. The molecule has 0 aromatic heterocycles. The summed E-state index contributed by atoms with van der Waals surface area (Å²) in [6.07, 6.45) is 7.06. The highest BCUT2D eigenvalue weighted by Crippen LogP contribution is 2.41. The van der Waals surface area contributed by atoms with Crippen LogP contribution in [-0.4, -0.2) is 12.3 Å². The standard InChI is InChI=1S/C29H26O3/c1-22(24-19-17-23(21-30)18-20-24)28(31)32-29(25-11-5-2-6-12-25,26-13-7-3-8-14-26)27-15-9-4-10-16-27/h2-19,21-22,24H,20H2,1H3. The van der Waals surface area contributed by atoms with Crippen molar-refractivity contribution in [3.8, 4) is 0 Å². The quantitative estimate of drug-likeness (QED) is 0.272. The van der Waals surface area contributed by atoms with E-state index in [0.29, 0.717) is 12.0 Å². The fourth-order valence-electron chi connectivity index (χ4n) is 4.23. The Balaban J connectivity index is 1.78. The number of benzene rings is 3. The molecule has 2 unspecified atom stereocenters. The van der Waals surface area contributed by atoms with Crippen molar-refractivity contribution in [3.05, 3.63) is 131 Å². The molecule has 0 saturated carbocycles. The fraction of sp³-hybridized carbons (Fsp3) is 0.172. The van der Waals surface area contributed by atoms with Gasteiger partial charge in [0.25, 0.3) is 0 Å². The minimum atomic E-state index is -1.07. The van der Waals surface area contributed by atoms with Crippen molar-refractivity contribution in [2.45, 2.75) is 18.9 Å². The minimum Gasteiger partial charge on any atom is -0.444 e. The molecule has 0 N–H and O–H groups in total. The van der Waals surface area contributed by atoms with Gasteiger partial charge in [-0.05, 0) is 12.3 Å². The summed E-state index contributed by atoms with van der Waals surface area (Å²) in [5.41, 5.74) is 2.24. The van der Waals surface area contributed by atoms with E-state index >= 15 is 0 Å². The fourth-order valence-corrected chi connectivity index (χ4v) is 4.23. The second-order valence-corrected chi connectivity index (χ2v) is 8.07. The Morgan fingerprint density at radius 1 is 0.875 bits per heavy atom. The largest absolute Gasteiger partial charge is 0.444 e. The molecule has 160 valence electrons. The van der Waals surface area contributed by atoms with Crippen molar-refractivity contribution in [1.29, 1.82) is 0 Å². The number of hydrogen-bond donors (Lipinski definition) is 0. The topological polar surface area (TPSA) is 43.4 Å². The zero-order valence-corrected chi connectivity index (χ0v) is 18.1. The Bertz CT molecular complexity index is 1020. The Labute approximate surface area is 189 Å². The molecule has 32 heavy (non-hydrogen) atoms. The highest BCUT2D eigenvalue weighted by Gasteiger charge is 2.42. The third-order valence-corrected chi connectivity index (χ3v) is 6.11. The first-order valence-electron chi connectivity index (χ1n) is 10.9. The Morgan fingerprint density at radius 2 is 1.34 bits per heavy atom. The monoisotopic (exact) mass is 422 g/mol. The molecular weight excluding hydrogens is 396 g/mol. The van der Waals surface area contributed by atoms with E-state index in [0.717, 1.165) is 23.0 Å². The van der Waals surface area contributed by atoms with Gasteiger partial charge in [-0.25, -0.2) is 0 Å². The molecule has 1 aliphatic rings. The molecule has 3 aromatic carbocycles. The van der Waals surface area contributed by atoms with Crippen molar-refractivity contribution in [2.75, 3.05) is 0 Å². The lowest BCUT2D eigenvalue weighted by Crippen LogP contribution is -2.38. The first kappa shape index (κ1) is 21.5. The second kappa shape index (κ2) is 9.61. The van der Waals surface area contributed by atoms with E-state index in [1.54, 1.807) is 6.08 Å². The van der Waals surface area contributed by atoms with Gasteiger partial charge in [0.05, 0.1) is 5.92 Å². The van der Waals surface area contributed by atoms with Gasteiger partial charge < -0.3 is 4.74 Å². The zero-order chi connectivity index (χ0) is 22.4. The molecule has 1 aliphatic carbocycles. The number of aldehydes is 1. The van der Waals surface area contributed by atoms with Crippen LogP contribution in [0.4, 0.5) is 0 Å². The van der Waals surface area contributed by atoms with E-state index < -0.39 is 5.60 Å². The van der Waals surface area contributed by atoms with Crippen LogP contribution in [0, 0.1) is 11.8 Å². The third kappa shape index (κ3) is 4.19. The molecule has 3 nitrogen and oxygen atoms in total. The number of carbonyl (C=O) groups is 2. The average Bonchev–Trinajstić information content (AvgIpc) is 2.88. The van der Waals surface area contributed by atoms with Crippen LogP contribution in [0.1, 0.15) is 30.0 Å². The Morgan fingerprint density at radius 3 is 1.72 bits per heavy atom. The summed E-state index contributed by atoms with van der Waals surface area (Å²) < 4.78 is 6.50. The van der Waals surface area contributed by atoms with E-state index in [2.05, 4.69) is 0 Å². The van der Waals surface area contributed by atoms with Gasteiger partial charge in [-0.3, -0.25) is 9.59 Å². The van der Waals surface area contributed by atoms with Gasteiger partial charge in [0, 0.05) is 22.3 Å². The summed E-state index contributed by atoms with van der Waals surface area (Å²) >= 11 is 0. The summed E-state index contributed by atoms with van der Waals surface area (Å²) in [5, 5.41) is 0. The van der Waals surface area contributed by atoms with Crippen molar-refractivity contribution in [3.63, 3.8) is 0 Å². The summed E-state index contributed by atoms with van der Waals surface area (Å²) in [5.74, 6) is -0.670. The predicted molar refractivity (Wildman–Crippen MR) is 126 cm³/mol. The van der Waals surface area contributed by atoms with Gasteiger partial charge in [0.1, 0.15) is 6.29 Å². The molecular formula is C29H26O3. The third-order valence-electron chi connectivity index (χ3n) is 6.11. The van der Waals surface area contributed by atoms with Crippen molar-refractivity contribution < 1.29 is 14.3 Å². The molecule has 0 fully saturated rings. The summed E-state index contributed by atoms with van der Waals surface area (Å²) in [4.78, 5) is 24.6. The van der Waals surface area contributed by atoms with Crippen LogP contribution in [0.15, 0.2) is 115 Å². The molecule has 0 radical (unpaired) electrons. The predicted octanol–water partition coefficient (Wildman–Crippen LogP) is 5.86. The van der Waals surface area contributed by atoms with E-state index in [4.69, 9.17) is 4.74 Å². The van der Waals surface area contributed by atoms with E-state index in [1.165, 1.54) is 0 Å². The van der Waals surface area contributed by atoms with Crippen LogP contribution in [0.3, 0.4) is 0 Å². The van der Waals surface area contributed by atoms with Crippen molar-refractivity contribution in [1.82, 2.24) is 0 Å². The van der Waals surface area contributed by atoms with Gasteiger partial charge in [-0.1, -0.05) is 116 Å². The molecule has 0 spiro atoms. The number of ether oxygens (including phenoxy) is 1. The molecule has 0 saturated heterocycles. The number of allylic oxidation sites excluding steroid dienone is 4. The van der Waals surface area contributed by atoms with E-state index in [9.17, 15) is 9.59 Å². The zero-order valence-electron chi connectivity index (χ0n) is 18.1. The molecule has 0 bridgehead atoms. The Kier molecular flexibility index (Phi) is 6.46. The second-order valence-electron chi connectivity index (χ2n) is 8.07. The first-order valence-corrected chi connectivity index (χ1v) is 10.9. The highest BCUT2D eigenvalue weighted by molar-refractivity contribution is 5.79. The van der Waals surface area contributed by atoms with E-state index in [-0.39, 0.29) is 17.8 Å². The summed E-state index contributed by atoms with van der Waals surface area (Å²) in [6.45, 7) is 1.89. The van der Waals surface area contributed by atoms with Crippen molar-refractivity contribution >= 4 is 12.3 Å². The van der Waals surface area contributed by atoms with Gasteiger partial charge in [0.15, 0.2) is 5.60 Å². The molecule has 0 heterocycles. The molecule has 0 aliphatic heterocycles. The van der Waals surface area contributed by atoms with Crippen LogP contribution in [-0.2, 0) is 19.9 Å². The van der Waals surface area contributed by atoms with Crippen LogP contribution < -0.4 is 0 Å². The molecule has 3 aromatic rings. The molecule has 4 rings (SSSR count). The maximum absolute atomic E-state index is 13.6. The average molecular weight is 423 g/mol. The Hall–Kier alpha value is -3.72. The first-order chi connectivity index (χ1) is 15.6. The number of esters is 1. The lowest BCUT2D eigenvalue weighted by atomic mass is 9.79. The summed E-state index contributed by atoms with van der Waals surface area (Å²) in [7, 11) is 0.